The standard InChI is InChI=1S/C21H22FN5O2.C17H24ClN3O3.C16H22ClN3O3.C12H21NO3/c1-12-20(26-19-7-4-14(23-3)8-18(19)22)24-11-25-21(12)29-17-9-15-5-6-16(10-17)27(15)13(2)28;1-10-14(18)19-9-20-15(10)23-13-7-11-5-6-12(8-13)21(11)16(22)24-17(2,3)4;1-9(2)22-16(21)20-11-4-5-12(20)7-13(6-11)23-15-10(3)14(17)18-8-19-15;1-12(2,3)16-11(15)13-8-4-5-9(13)7-10(14)6-8/h4,7-8,11,15-17H,5-6,9-10H2,1-2H3,(H,24,25,26);9,11-13H,5-8H2,1-4H3;8-9,11-13H,4-7H2,1-3H3;8-10,14H,4-7H2,1-3H3/t15-,16?,17?;2*11-,12?,13?;8-,9?,10?/m0000/s1. The van der Waals surface area contributed by atoms with Crippen LogP contribution in [0.4, 0.5) is 36.0 Å². The Balaban J connectivity index is 0.000000148. The Labute approximate surface area is 548 Å². The summed E-state index contributed by atoms with van der Waals surface area (Å²) in [6.07, 6.45) is 17.5. The molecule has 1 aromatic carbocycles. The molecule has 12 atom stereocenters. The molecule has 4 amide bonds. The fourth-order valence-electron chi connectivity index (χ4n) is 14.1. The maximum Gasteiger partial charge on any atom is 0.410 e. The van der Waals surface area contributed by atoms with Crippen LogP contribution in [0.15, 0.2) is 37.2 Å². The Morgan fingerprint density at radius 1 is 0.576 bits per heavy atom. The van der Waals surface area contributed by atoms with Crippen molar-refractivity contribution in [3.63, 3.8) is 0 Å². The minimum atomic E-state index is -0.521. The number of hydrogen-bond donors (Lipinski definition) is 2. The number of aliphatic hydroxyl groups is 1. The van der Waals surface area contributed by atoms with E-state index in [2.05, 4.69) is 40.1 Å². The molecule has 3 aromatic heterocycles. The van der Waals surface area contributed by atoms with Crippen LogP contribution in [0.2, 0.25) is 10.3 Å². The number of carbonyl (C=O) groups excluding carboxylic acids is 4. The Hall–Kier alpha value is -7.10. The first-order valence-electron chi connectivity index (χ1n) is 32.2. The van der Waals surface area contributed by atoms with E-state index in [1.807, 2.05) is 95.8 Å². The largest absolute Gasteiger partial charge is 0.474 e. The first-order chi connectivity index (χ1) is 43.5. The van der Waals surface area contributed by atoms with Gasteiger partial charge in [-0.15, -0.1) is 0 Å². The summed E-state index contributed by atoms with van der Waals surface area (Å²) in [4.78, 5) is 84.2. The zero-order chi connectivity index (χ0) is 66.5. The Morgan fingerprint density at radius 3 is 1.29 bits per heavy atom. The number of benzene rings is 1. The summed E-state index contributed by atoms with van der Waals surface area (Å²) in [5.74, 6) is 1.59. The van der Waals surface area contributed by atoms with Crippen LogP contribution in [0.3, 0.4) is 0 Å². The van der Waals surface area contributed by atoms with Crippen molar-refractivity contribution in [2.75, 3.05) is 5.32 Å². The topological polar surface area (TPSA) is 251 Å². The number of piperidine rings is 4. The normalized spacial score (nSPS) is 26.6. The molecule has 8 saturated heterocycles. The highest BCUT2D eigenvalue weighted by molar-refractivity contribution is 6.30. The van der Waals surface area contributed by atoms with Gasteiger partial charge in [-0.2, -0.15) is 0 Å². The molecule has 4 aromatic rings. The fraction of sp³-hybridized carbons (Fsp3) is 0.652. The van der Waals surface area contributed by atoms with Gasteiger partial charge in [0, 0.05) is 105 Å². The summed E-state index contributed by atoms with van der Waals surface area (Å²) in [7, 11) is 0. The number of halogens is 3. The van der Waals surface area contributed by atoms with Crippen molar-refractivity contribution in [1.82, 2.24) is 49.5 Å². The Kier molecular flexibility index (Phi) is 22.2. The van der Waals surface area contributed by atoms with Crippen LogP contribution in [-0.2, 0) is 19.0 Å². The molecule has 8 bridgehead atoms. The summed E-state index contributed by atoms with van der Waals surface area (Å²) in [6.45, 7) is 29.2. The number of anilines is 2. The van der Waals surface area contributed by atoms with Gasteiger partial charge in [0.1, 0.15) is 70.4 Å². The van der Waals surface area contributed by atoms with E-state index in [-0.39, 0.29) is 114 Å². The Morgan fingerprint density at radius 2 is 0.935 bits per heavy atom. The number of nitrogens with one attached hydrogen (secondary N) is 1. The average Bonchev–Trinajstić information content (AvgIpc) is 1.67. The second-order valence-corrected chi connectivity index (χ2v) is 28.3. The highest BCUT2D eigenvalue weighted by Gasteiger charge is 2.49. The lowest BCUT2D eigenvalue weighted by Gasteiger charge is -2.39. The van der Waals surface area contributed by atoms with Gasteiger partial charge >= 0.3 is 18.3 Å². The van der Waals surface area contributed by atoms with Gasteiger partial charge in [0.2, 0.25) is 23.5 Å². The second-order valence-electron chi connectivity index (χ2n) is 27.6. The number of aromatic nitrogens is 6. The van der Waals surface area contributed by atoms with Crippen LogP contribution in [0, 0.1) is 33.2 Å². The molecule has 23 nitrogen and oxygen atoms in total. The smallest absolute Gasteiger partial charge is 0.410 e. The third kappa shape index (κ3) is 17.2. The molecule has 8 unspecified atom stereocenters. The molecule has 2 N–H and O–H groups in total. The number of aliphatic hydroxyl groups excluding tert-OH is 1. The maximum atomic E-state index is 14.2. The van der Waals surface area contributed by atoms with Crippen molar-refractivity contribution >= 4 is 64.6 Å². The van der Waals surface area contributed by atoms with E-state index < -0.39 is 17.0 Å². The number of amides is 4. The molecule has 8 aliphatic rings. The van der Waals surface area contributed by atoms with Crippen LogP contribution in [0.5, 0.6) is 17.6 Å². The van der Waals surface area contributed by atoms with Crippen molar-refractivity contribution in [3.8, 4) is 17.6 Å². The number of ether oxygens (including phenoxy) is 6. The zero-order valence-corrected chi connectivity index (χ0v) is 56.4. The highest BCUT2D eigenvalue weighted by atomic mass is 35.5. The Bertz CT molecular complexity index is 3280. The molecule has 26 heteroatoms. The molecule has 500 valence electrons. The summed E-state index contributed by atoms with van der Waals surface area (Å²) >= 11 is 12.0. The lowest BCUT2D eigenvalue weighted by atomic mass is 9.99. The van der Waals surface area contributed by atoms with Gasteiger partial charge < -0.3 is 58.4 Å². The number of rotatable bonds is 9. The number of hydrogen-bond acceptors (Lipinski definition) is 18. The quantitative estimate of drug-likeness (QED) is 0.0897. The van der Waals surface area contributed by atoms with Crippen LogP contribution in [0.25, 0.3) is 4.85 Å². The van der Waals surface area contributed by atoms with E-state index in [4.69, 9.17) is 58.2 Å². The van der Waals surface area contributed by atoms with E-state index in [1.165, 1.54) is 31.1 Å². The van der Waals surface area contributed by atoms with Crippen LogP contribution in [-0.4, -0.2) is 169 Å². The molecule has 0 saturated carbocycles. The molecule has 0 aliphatic carbocycles. The average molecular weight is 1320 g/mol. The third-order valence-electron chi connectivity index (χ3n) is 18.1. The molecule has 0 spiro atoms. The van der Waals surface area contributed by atoms with Crippen molar-refractivity contribution in [2.45, 2.75) is 276 Å². The second kappa shape index (κ2) is 29.5. The predicted octanol–water partition coefficient (Wildman–Crippen LogP) is 13.2. The number of fused-ring (bicyclic) bond motifs is 8. The van der Waals surface area contributed by atoms with Gasteiger partial charge in [-0.05, 0) is 153 Å². The molecule has 12 rings (SSSR count). The lowest BCUT2D eigenvalue weighted by Crippen LogP contribution is -2.50. The van der Waals surface area contributed by atoms with Gasteiger partial charge in [0.05, 0.1) is 30.0 Å². The van der Waals surface area contributed by atoms with Crippen molar-refractivity contribution in [2.24, 2.45) is 0 Å². The summed E-state index contributed by atoms with van der Waals surface area (Å²) in [6, 6.07) is 5.77. The highest BCUT2D eigenvalue weighted by Crippen LogP contribution is 2.42. The molecule has 8 fully saturated rings. The number of carbonyl (C=O) groups is 4. The fourth-order valence-corrected chi connectivity index (χ4v) is 14.4. The van der Waals surface area contributed by atoms with Gasteiger partial charge in [-0.3, -0.25) is 4.79 Å². The SMILES string of the molecule is CC(C)(C)OC(=O)N1C2CC[C@H]1CC(O)C2.Cc1c(Cl)ncnc1OC1CC2CC[C@@H](C1)N2C(=O)OC(C)(C)C.Cc1c(Cl)ncnc1OC1CC2CC[C@@H](C1)N2C(=O)OC(C)C.[C-]#[N+]c1ccc(Nc2ncnc(OC3CC4CC[C@@H](C3)N4C(C)=O)c2C)c(F)c1. The van der Waals surface area contributed by atoms with E-state index in [9.17, 15) is 28.7 Å². The zero-order valence-electron chi connectivity index (χ0n) is 54.9. The monoisotopic (exact) mass is 1310 g/mol. The third-order valence-corrected chi connectivity index (χ3v) is 18.8. The maximum absolute atomic E-state index is 14.2. The molecule has 92 heavy (non-hydrogen) atoms. The molecule has 11 heterocycles. The first-order valence-corrected chi connectivity index (χ1v) is 33.0. The minimum Gasteiger partial charge on any atom is -0.474 e. The lowest BCUT2D eigenvalue weighted by molar-refractivity contribution is -0.134. The predicted molar refractivity (Wildman–Crippen MR) is 342 cm³/mol. The van der Waals surface area contributed by atoms with Crippen LogP contribution in [0.1, 0.15) is 182 Å². The summed E-state index contributed by atoms with van der Waals surface area (Å²) < 4.78 is 48.8. The van der Waals surface area contributed by atoms with Crippen molar-refractivity contribution < 1.29 is 57.1 Å². The molecule has 8 aliphatic heterocycles. The van der Waals surface area contributed by atoms with E-state index in [0.717, 1.165) is 101 Å². The van der Waals surface area contributed by atoms with Gasteiger partial charge in [-0.1, -0.05) is 29.3 Å². The summed E-state index contributed by atoms with van der Waals surface area (Å²) in [5, 5.41) is 13.4. The summed E-state index contributed by atoms with van der Waals surface area (Å²) in [5.41, 5.74) is 1.75. The van der Waals surface area contributed by atoms with Crippen molar-refractivity contribution in [1.29, 1.82) is 0 Å². The van der Waals surface area contributed by atoms with E-state index in [1.54, 1.807) is 13.0 Å². The van der Waals surface area contributed by atoms with Crippen LogP contribution < -0.4 is 19.5 Å². The van der Waals surface area contributed by atoms with Gasteiger partial charge in [0.25, 0.3) is 0 Å². The minimum absolute atomic E-state index is 0.0146. The molecular formula is C66H89Cl2FN12O11. The van der Waals surface area contributed by atoms with Gasteiger partial charge in [0.15, 0.2) is 5.69 Å². The van der Waals surface area contributed by atoms with Crippen molar-refractivity contribution in [3.05, 3.63) is 81.4 Å². The van der Waals surface area contributed by atoms with E-state index >= 15 is 0 Å². The van der Waals surface area contributed by atoms with E-state index in [0.29, 0.717) is 52.2 Å². The molecular weight excluding hydrogens is 1230 g/mol. The number of nitrogens with zero attached hydrogens (tertiary/aromatic N) is 11. The molecule has 0 radical (unpaired) electrons. The van der Waals surface area contributed by atoms with Crippen LogP contribution >= 0.6 is 23.2 Å². The first kappa shape index (κ1) is 69.2. The van der Waals surface area contributed by atoms with Gasteiger partial charge in [-0.25, -0.2) is 53.5 Å².